The highest BCUT2D eigenvalue weighted by molar-refractivity contribution is 7.99. The summed E-state index contributed by atoms with van der Waals surface area (Å²) in [6.07, 6.45) is 3.25. The Hall–Kier alpha value is -1.52. The van der Waals surface area contributed by atoms with Crippen molar-refractivity contribution in [1.82, 2.24) is 4.98 Å². The molecule has 3 nitrogen and oxygen atoms in total. The molecule has 1 aromatic heterocycles. The lowest BCUT2D eigenvalue weighted by Gasteiger charge is -2.03. The van der Waals surface area contributed by atoms with E-state index in [1.165, 1.54) is 11.8 Å². The van der Waals surface area contributed by atoms with Crippen molar-refractivity contribution in [1.29, 1.82) is 0 Å². The molecule has 1 aromatic carbocycles. The standard InChI is InChI=1S/C12H8ClNO2S/c13-10-7-14-6-5-11(10)17-9-3-1-8(2-4-9)12(15)16/h1-7H,(H,15,16). The van der Waals surface area contributed by atoms with E-state index in [1.807, 2.05) is 6.07 Å². The third-order valence-corrected chi connectivity index (χ3v) is 3.56. The van der Waals surface area contributed by atoms with Gasteiger partial charge in [-0.25, -0.2) is 4.79 Å². The molecular formula is C12H8ClNO2S. The second-order valence-corrected chi connectivity index (χ2v) is 4.76. The van der Waals surface area contributed by atoms with Crippen LogP contribution >= 0.6 is 23.4 Å². The average Bonchev–Trinajstić information content (AvgIpc) is 2.33. The monoisotopic (exact) mass is 265 g/mol. The van der Waals surface area contributed by atoms with E-state index >= 15 is 0 Å². The van der Waals surface area contributed by atoms with Gasteiger partial charge in [-0.2, -0.15) is 0 Å². The van der Waals surface area contributed by atoms with Crippen LogP contribution in [0.3, 0.4) is 0 Å². The zero-order valence-electron chi connectivity index (χ0n) is 8.63. The Kier molecular flexibility index (Phi) is 3.66. The quantitative estimate of drug-likeness (QED) is 0.921. The summed E-state index contributed by atoms with van der Waals surface area (Å²) in [5.41, 5.74) is 0.273. The third kappa shape index (κ3) is 2.99. The van der Waals surface area contributed by atoms with Gasteiger partial charge in [-0.05, 0) is 30.3 Å². The first-order valence-electron chi connectivity index (χ1n) is 4.77. The maximum Gasteiger partial charge on any atom is 0.335 e. The molecule has 0 aliphatic rings. The maximum absolute atomic E-state index is 10.7. The number of hydrogen-bond donors (Lipinski definition) is 1. The number of benzene rings is 1. The molecule has 0 aliphatic carbocycles. The van der Waals surface area contributed by atoms with E-state index in [4.69, 9.17) is 16.7 Å². The Labute approximate surface area is 107 Å². The fraction of sp³-hybridized carbons (Fsp3) is 0. The van der Waals surface area contributed by atoms with Gasteiger partial charge in [-0.15, -0.1) is 0 Å². The molecule has 0 saturated heterocycles. The van der Waals surface area contributed by atoms with E-state index in [1.54, 1.807) is 36.7 Å². The number of carbonyl (C=O) groups is 1. The van der Waals surface area contributed by atoms with Gasteiger partial charge in [-0.3, -0.25) is 4.98 Å². The van der Waals surface area contributed by atoms with Crippen molar-refractivity contribution in [2.24, 2.45) is 0 Å². The first kappa shape index (κ1) is 12.0. The minimum absolute atomic E-state index is 0.273. The van der Waals surface area contributed by atoms with Gasteiger partial charge in [-0.1, -0.05) is 23.4 Å². The summed E-state index contributed by atoms with van der Waals surface area (Å²) < 4.78 is 0. The van der Waals surface area contributed by atoms with Crippen molar-refractivity contribution in [3.05, 3.63) is 53.3 Å². The number of carboxylic acids is 1. The molecule has 2 aromatic rings. The molecule has 0 saturated carbocycles. The number of hydrogen-bond acceptors (Lipinski definition) is 3. The van der Waals surface area contributed by atoms with Gasteiger partial charge < -0.3 is 5.11 Å². The van der Waals surface area contributed by atoms with Crippen LogP contribution in [0.4, 0.5) is 0 Å². The highest BCUT2D eigenvalue weighted by Crippen LogP contribution is 2.32. The zero-order chi connectivity index (χ0) is 12.3. The first-order chi connectivity index (χ1) is 8.16. The lowest BCUT2D eigenvalue weighted by atomic mass is 10.2. The highest BCUT2D eigenvalue weighted by Gasteiger charge is 2.04. The summed E-state index contributed by atoms with van der Waals surface area (Å²) in [6, 6.07) is 8.47. The molecule has 0 amide bonds. The molecule has 1 heterocycles. The van der Waals surface area contributed by atoms with Crippen molar-refractivity contribution in [2.75, 3.05) is 0 Å². The van der Waals surface area contributed by atoms with E-state index in [0.29, 0.717) is 5.02 Å². The molecule has 0 aliphatic heterocycles. The fourth-order valence-corrected chi connectivity index (χ4v) is 2.28. The molecule has 0 radical (unpaired) electrons. The molecule has 0 fully saturated rings. The van der Waals surface area contributed by atoms with Crippen LogP contribution in [0, 0.1) is 0 Å². The van der Waals surface area contributed by atoms with Crippen LogP contribution in [-0.2, 0) is 0 Å². The van der Waals surface area contributed by atoms with Crippen LogP contribution in [-0.4, -0.2) is 16.1 Å². The van der Waals surface area contributed by atoms with Crippen LogP contribution in [0.15, 0.2) is 52.5 Å². The molecule has 5 heteroatoms. The SMILES string of the molecule is O=C(O)c1ccc(Sc2ccncc2Cl)cc1. The molecular weight excluding hydrogens is 258 g/mol. The van der Waals surface area contributed by atoms with Gasteiger partial charge >= 0.3 is 5.97 Å². The van der Waals surface area contributed by atoms with Crippen LogP contribution < -0.4 is 0 Å². The van der Waals surface area contributed by atoms with Gasteiger partial charge in [0.25, 0.3) is 0 Å². The molecule has 1 N–H and O–H groups in total. The number of carboxylic acid groups (broad SMARTS) is 1. The van der Waals surface area contributed by atoms with E-state index < -0.39 is 5.97 Å². The smallest absolute Gasteiger partial charge is 0.335 e. The molecule has 0 bridgehead atoms. The van der Waals surface area contributed by atoms with Crippen molar-refractivity contribution >= 4 is 29.3 Å². The summed E-state index contributed by atoms with van der Waals surface area (Å²) in [7, 11) is 0. The second-order valence-electron chi connectivity index (χ2n) is 3.24. The minimum atomic E-state index is -0.927. The highest BCUT2D eigenvalue weighted by atomic mass is 35.5. The Morgan fingerprint density at radius 1 is 1.24 bits per heavy atom. The number of rotatable bonds is 3. The number of pyridine rings is 1. The summed E-state index contributed by atoms with van der Waals surface area (Å²) in [5, 5.41) is 9.36. The van der Waals surface area contributed by atoms with Gasteiger partial charge in [0.05, 0.1) is 10.6 Å². The summed E-state index contributed by atoms with van der Waals surface area (Å²) in [5.74, 6) is -0.927. The van der Waals surface area contributed by atoms with Crippen LogP contribution in [0.2, 0.25) is 5.02 Å². The van der Waals surface area contributed by atoms with E-state index in [9.17, 15) is 4.79 Å². The maximum atomic E-state index is 10.7. The van der Waals surface area contributed by atoms with E-state index in [0.717, 1.165) is 9.79 Å². The first-order valence-corrected chi connectivity index (χ1v) is 5.97. The number of aromatic carboxylic acids is 1. The predicted octanol–water partition coefficient (Wildman–Crippen LogP) is 3.58. The van der Waals surface area contributed by atoms with Crippen LogP contribution in [0.1, 0.15) is 10.4 Å². The van der Waals surface area contributed by atoms with Crippen LogP contribution in [0.25, 0.3) is 0 Å². The zero-order valence-corrected chi connectivity index (χ0v) is 10.2. The Balaban J connectivity index is 2.20. The topological polar surface area (TPSA) is 50.2 Å². The summed E-state index contributed by atoms with van der Waals surface area (Å²) >= 11 is 7.45. The Morgan fingerprint density at radius 3 is 2.53 bits per heavy atom. The predicted molar refractivity (Wildman–Crippen MR) is 66.8 cm³/mol. The number of aromatic nitrogens is 1. The molecule has 86 valence electrons. The molecule has 17 heavy (non-hydrogen) atoms. The molecule has 2 rings (SSSR count). The van der Waals surface area contributed by atoms with Gasteiger partial charge in [0.15, 0.2) is 0 Å². The third-order valence-electron chi connectivity index (χ3n) is 2.06. The average molecular weight is 266 g/mol. The summed E-state index contributed by atoms with van der Waals surface area (Å²) in [4.78, 5) is 16.4. The van der Waals surface area contributed by atoms with Crippen molar-refractivity contribution < 1.29 is 9.90 Å². The minimum Gasteiger partial charge on any atom is -0.478 e. The van der Waals surface area contributed by atoms with Crippen LogP contribution in [0.5, 0.6) is 0 Å². The lowest BCUT2D eigenvalue weighted by molar-refractivity contribution is 0.0697. The van der Waals surface area contributed by atoms with E-state index in [2.05, 4.69) is 4.98 Å². The molecule has 0 unspecified atom stereocenters. The normalized spacial score (nSPS) is 10.2. The molecule has 0 spiro atoms. The number of halogens is 1. The summed E-state index contributed by atoms with van der Waals surface area (Å²) in [6.45, 7) is 0. The number of nitrogens with zero attached hydrogens (tertiary/aromatic N) is 1. The molecule has 0 atom stereocenters. The van der Waals surface area contributed by atoms with E-state index in [-0.39, 0.29) is 5.56 Å². The van der Waals surface area contributed by atoms with Gasteiger partial charge in [0, 0.05) is 22.2 Å². The lowest BCUT2D eigenvalue weighted by Crippen LogP contribution is -1.94. The Bertz CT molecular complexity index is 542. The van der Waals surface area contributed by atoms with Gasteiger partial charge in [0.1, 0.15) is 0 Å². The fourth-order valence-electron chi connectivity index (χ4n) is 1.24. The largest absolute Gasteiger partial charge is 0.478 e. The second kappa shape index (κ2) is 5.21. The van der Waals surface area contributed by atoms with Crippen molar-refractivity contribution in [2.45, 2.75) is 9.79 Å². The van der Waals surface area contributed by atoms with Crippen molar-refractivity contribution in [3.63, 3.8) is 0 Å². The van der Waals surface area contributed by atoms with Gasteiger partial charge in [0.2, 0.25) is 0 Å². The Morgan fingerprint density at radius 2 is 1.94 bits per heavy atom. The van der Waals surface area contributed by atoms with Crippen molar-refractivity contribution in [3.8, 4) is 0 Å².